The van der Waals surface area contributed by atoms with Crippen LogP contribution in [0.1, 0.15) is 18.0 Å². The lowest BCUT2D eigenvalue weighted by atomic mass is 9.90. The van der Waals surface area contributed by atoms with Crippen LogP contribution in [0.4, 0.5) is 5.69 Å². The van der Waals surface area contributed by atoms with Crippen LogP contribution in [-0.4, -0.2) is 24.8 Å². The van der Waals surface area contributed by atoms with Gasteiger partial charge >= 0.3 is 0 Å². The number of ether oxygens (including phenoxy) is 1. The number of hydrogen-bond acceptors (Lipinski definition) is 5. The Balaban J connectivity index is 2.09. The van der Waals surface area contributed by atoms with Gasteiger partial charge in [-0.05, 0) is 36.2 Å². The van der Waals surface area contributed by atoms with Crippen molar-refractivity contribution in [3.8, 4) is 5.75 Å². The first-order valence-corrected chi connectivity index (χ1v) is 7.79. The molecule has 0 unspecified atom stereocenters. The van der Waals surface area contributed by atoms with E-state index in [0.29, 0.717) is 17.0 Å². The number of hydrogen-bond donors (Lipinski definition) is 0. The topological polar surface area (TPSA) is 86.7 Å². The van der Waals surface area contributed by atoms with Gasteiger partial charge in [-0.1, -0.05) is 30.3 Å². The van der Waals surface area contributed by atoms with Crippen LogP contribution in [0.3, 0.4) is 0 Å². The number of para-hydroxylation sites is 1. The van der Waals surface area contributed by atoms with E-state index in [-0.39, 0.29) is 0 Å². The molecule has 1 aliphatic rings. The van der Waals surface area contributed by atoms with Gasteiger partial charge in [0.1, 0.15) is 5.75 Å². The zero-order chi connectivity index (χ0) is 18.0. The van der Waals surface area contributed by atoms with Gasteiger partial charge in [0.25, 0.3) is 5.91 Å². The van der Waals surface area contributed by atoms with Crippen molar-refractivity contribution < 1.29 is 24.2 Å². The third-order valence-electron chi connectivity index (χ3n) is 4.30. The molecule has 0 N–H and O–H groups in total. The highest BCUT2D eigenvalue weighted by Gasteiger charge is 2.48. The molecule has 1 aliphatic heterocycles. The lowest BCUT2D eigenvalue weighted by molar-refractivity contribution is -0.306. The molecule has 0 aliphatic carbocycles. The number of carboxylic acids is 1. The van der Waals surface area contributed by atoms with E-state index >= 15 is 0 Å². The number of nitrogens with zero attached hydrogens (tertiary/aromatic N) is 1. The predicted molar refractivity (Wildman–Crippen MR) is 87.8 cm³/mol. The molecule has 0 spiro atoms. The molecule has 0 radical (unpaired) electrons. The first kappa shape index (κ1) is 16.7. The Hall–Kier alpha value is -3.15. The SMILES string of the molecule is COc1ccc([C@@H]2[C@@H](CC(=O)[O-])C(=O)C(=O)N2c2ccccc2)cc1. The average Bonchev–Trinajstić information content (AvgIpc) is 2.87. The maximum Gasteiger partial charge on any atom is 0.295 e. The molecule has 0 saturated carbocycles. The summed E-state index contributed by atoms with van der Waals surface area (Å²) >= 11 is 0. The van der Waals surface area contributed by atoms with Gasteiger partial charge in [0.2, 0.25) is 5.78 Å². The number of carboxylic acid groups (broad SMARTS) is 1. The lowest BCUT2D eigenvalue weighted by Crippen LogP contribution is -2.31. The highest BCUT2D eigenvalue weighted by Crippen LogP contribution is 2.41. The molecule has 1 amide bonds. The molecule has 6 heteroatoms. The number of anilines is 1. The summed E-state index contributed by atoms with van der Waals surface area (Å²) in [4.78, 5) is 37.4. The second-order valence-corrected chi connectivity index (χ2v) is 5.78. The minimum absolute atomic E-state index is 0.509. The summed E-state index contributed by atoms with van der Waals surface area (Å²) < 4.78 is 5.13. The fourth-order valence-electron chi connectivity index (χ4n) is 3.16. The Morgan fingerprint density at radius 1 is 1.08 bits per heavy atom. The highest BCUT2D eigenvalue weighted by atomic mass is 16.5. The molecule has 25 heavy (non-hydrogen) atoms. The van der Waals surface area contributed by atoms with Crippen molar-refractivity contribution in [2.75, 3.05) is 12.0 Å². The van der Waals surface area contributed by atoms with Gasteiger partial charge < -0.3 is 14.6 Å². The molecule has 1 heterocycles. The summed E-state index contributed by atoms with van der Waals surface area (Å²) in [5.74, 6) is -3.15. The van der Waals surface area contributed by atoms with Gasteiger partial charge in [-0.3, -0.25) is 14.5 Å². The largest absolute Gasteiger partial charge is 0.550 e. The van der Waals surface area contributed by atoms with Crippen LogP contribution in [-0.2, 0) is 14.4 Å². The summed E-state index contributed by atoms with van der Waals surface area (Å²) in [5, 5.41) is 11.1. The molecule has 2 atom stereocenters. The van der Waals surface area contributed by atoms with Gasteiger partial charge in [0.15, 0.2) is 0 Å². The number of benzene rings is 2. The summed E-state index contributed by atoms with van der Waals surface area (Å²) in [6.45, 7) is 0. The molecule has 2 aromatic carbocycles. The molecule has 1 saturated heterocycles. The van der Waals surface area contributed by atoms with Crippen molar-refractivity contribution in [1.29, 1.82) is 0 Å². The van der Waals surface area contributed by atoms with Crippen LogP contribution >= 0.6 is 0 Å². The van der Waals surface area contributed by atoms with Crippen LogP contribution in [0.25, 0.3) is 0 Å². The fourth-order valence-corrected chi connectivity index (χ4v) is 3.16. The van der Waals surface area contributed by atoms with E-state index in [0.717, 1.165) is 0 Å². The van der Waals surface area contributed by atoms with Crippen molar-refractivity contribution in [3.05, 3.63) is 60.2 Å². The number of methoxy groups -OCH3 is 1. The second kappa shape index (κ2) is 6.76. The molecule has 3 rings (SSSR count). The van der Waals surface area contributed by atoms with E-state index in [1.807, 2.05) is 0 Å². The maximum absolute atomic E-state index is 12.5. The van der Waals surface area contributed by atoms with E-state index in [1.54, 1.807) is 54.6 Å². The van der Waals surface area contributed by atoms with Crippen molar-refractivity contribution in [2.24, 2.45) is 5.92 Å². The van der Waals surface area contributed by atoms with Crippen molar-refractivity contribution in [3.63, 3.8) is 0 Å². The first-order valence-electron chi connectivity index (χ1n) is 7.79. The molecule has 6 nitrogen and oxygen atoms in total. The zero-order valence-electron chi connectivity index (χ0n) is 13.5. The summed E-state index contributed by atoms with van der Waals surface area (Å²) in [5.41, 5.74) is 1.21. The van der Waals surface area contributed by atoms with E-state index in [1.165, 1.54) is 12.0 Å². The van der Waals surface area contributed by atoms with Gasteiger partial charge in [-0.2, -0.15) is 0 Å². The van der Waals surface area contributed by atoms with Crippen LogP contribution < -0.4 is 14.7 Å². The second-order valence-electron chi connectivity index (χ2n) is 5.78. The third-order valence-corrected chi connectivity index (χ3v) is 4.30. The fraction of sp³-hybridized carbons (Fsp3) is 0.211. The predicted octanol–water partition coefficient (Wildman–Crippen LogP) is 1.11. The lowest BCUT2D eigenvalue weighted by Gasteiger charge is -2.28. The summed E-state index contributed by atoms with van der Waals surface area (Å²) in [6, 6.07) is 14.9. The number of carbonyl (C=O) groups is 3. The van der Waals surface area contributed by atoms with E-state index in [4.69, 9.17) is 4.74 Å². The molecule has 2 aromatic rings. The van der Waals surface area contributed by atoms with E-state index < -0.39 is 36.0 Å². The van der Waals surface area contributed by atoms with Crippen molar-refractivity contribution in [1.82, 2.24) is 0 Å². The van der Waals surface area contributed by atoms with Gasteiger partial charge in [-0.15, -0.1) is 0 Å². The standard InChI is InChI=1S/C19H17NO5/c1-25-14-9-7-12(8-10-14)17-15(11-16(21)22)18(23)19(24)20(17)13-5-3-2-4-6-13/h2-10,15,17H,11H2,1H3,(H,21,22)/p-1/t15-,17-/m1/s1. The Morgan fingerprint density at radius 3 is 2.28 bits per heavy atom. The average molecular weight is 338 g/mol. The number of Topliss-reactive ketones (excluding diaryl/α,β-unsaturated/α-hetero) is 1. The number of ketones is 1. The van der Waals surface area contributed by atoms with Gasteiger partial charge in [0, 0.05) is 11.7 Å². The van der Waals surface area contributed by atoms with E-state index in [9.17, 15) is 19.5 Å². The van der Waals surface area contributed by atoms with Crippen LogP contribution in [0.2, 0.25) is 0 Å². The first-order chi connectivity index (χ1) is 12.0. The highest BCUT2D eigenvalue weighted by molar-refractivity contribution is 6.45. The summed E-state index contributed by atoms with van der Waals surface area (Å²) in [6.07, 6.45) is -0.509. The molecular weight excluding hydrogens is 322 g/mol. The monoisotopic (exact) mass is 338 g/mol. The smallest absolute Gasteiger partial charge is 0.295 e. The normalized spacial score (nSPS) is 20.0. The number of aliphatic carboxylic acids is 1. The number of amides is 1. The van der Waals surface area contributed by atoms with Crippen LogP contribution in [0.5, 0.6) is 5.75 Å². The van der Waals surface area contributed by atoms with Crippen molar-refractivity contribution >= 4 is 23.3 Å². The zero-order valence-corrected chi connectivity index (χ0v) is 13.5. The molecule has 1 fully saturated rings. The van der Waals surface area contributed by atoms with Gasteiger partial charge in [0.05, 0.1) is 19.1 Å². The maximum atomic E-state index is 12.5. The third kappa shape index (κ3) is 3.10. The molecule has 128 valence electrons. The van der Waals surface area contributed by atoms with Crippen LogP contribution in [0, 0.1) is 5.92 Å². The molecule has 0 aromatic heterocycles. The van der Waals surface area contributed by atoms with Crippen LogP contribution in [0.15, 0.2) is 54.6 Å². The molecular formula is C19H16NO5-. The molecule has 0 bridgehead atoms. The summed E-state index contributed by atoms with van der Waals surface area (Å²) in [7, 11) is 1.53. The Kier molecular flexibility index (Phi) is 4.52. The Morgan fingerprint density at radius 2 is 1.72 bits per heavy atom. The van der Waals surface area contributed by atoms with Gasteiger partial charge in [-0.25, -0.2) is 0 Å². The minimum Gasteiger partial charge on any atom is -0.550 e. The Bertz CT molecular complexity index is 800. The quantitative estimate of drug-likeness (QED) is 0.762. The van der Waals surface area contributed by atoms with Crippen molar-refractivity contribution in [2.45, 2.75) is 12.5 Å². The number of rotatable bonds is 5. The number of carbonyl (C=O) groups excluding carboxylic acids is 3. The van der Waals surface area contributed by atoms with E-state index in [2.05, 4.69) is 0 Å². The minimum atomic E-state index is -1.36. The Labute approximate surface area is 144 Å².